The molecule has 1 rings (SSSR count). The summed E-state index contributed by atoms with van der Waals surface area (Å²) in [6.07, 6.45) is 1.05. The van der Waals surface area contributed by atoms with Gasteiger partial charge in [0.2, 0.25) is 0 Å². The number of hydrogen-bond acceptors (Lipinski definition) is 2. The van der Waals surface area contributed by atoms with Crippen LogP contribution in [0.3, 0.4) is 0 Å². The molecule has 0 saturated heterocycles. The Morgan fingerprint density at radius 3 is 2.21 bits per heavy atom. The molecule has 0 fully saturated rings. The van der Waals surface area contributed by atoms with E-state index < -0.39 is 0 Å². The van der Waals surface area contributed by atoms with E-state index in [9.17, 15) is 0 Å². The third-order valence-corrected chi connectivity index (χ3v) is 2.00. The summed E-state index contributed by atoms with van der Waals surface area (Å²) in [5.74, 6) is 0.892. The summed E-state index contributed by atoms with van der Waals surface area (Å²) in [6.45, 7) is 7.38. The van der Waals surface area contributed by atoms with Gasteiger partial charge in [-0.1, -0.05) is 20.8 Å². The number of benzene rings is 1. The van der Waals surface area contributed by atoms with Crippen molar-refractivity contribution >= 4 is 5.69 Å². The van der Waals surface area contributed by atoms with Crippen molar-refractivity contribution in [3.05, 3.63) is 24.3 Å². The molecule has 0 atom stereocenters. The molecule has 0 spiro atoms. The highest BCUT2D eigenvalue weighted by molar-refractivity contribution is 5.41. The van der Waals surface area contributed by atoms with Gasteiger partial charge in [0.05, 0.1) is 6.61 Å². The molecule has 2 heteroatoms. The lowest BCUT2D eigenvalue weighted by atomic mass is 9.93. The number of anilines is 1. The van der Waals surface area contributed by atoms with Gasteiger partial charge in [-0.15, -0.1) is 0 Å². The van der Waals surface area contributed by atoms with Crippen LogP contribution in [-0.2, 0) is 0 Å². The summed E-state index contributed by atoms with van der Waals surface area (Å²) in [5.41, 5.74) is 6.67. The van der Waals surface area contributed by atoms with Crippen molar-refractivity contribution in [2.24, 2.45) is 5.41 Å². The van der Waals surface area contributed by atoms with Crippen molar-refractivity contribution in [1.29, 1.82) is 0 Å². The van der Waals surface area contributed by atoms with Gasteiger partial charge in [-0.05, 0) is 36.1 Å². The minimum atomic E-state index is 0.327. The quantitative estimate of drug-likeness (QED) is 0.749. The van der Waals surface area contributed by atoms with Gasteiger partial charge >= 0.3 is 0 Å². The SMILES string of the molecule is CC(C)(C)CCOc1ccc(N)cc1. The van der Waals surface area contributed by atoms with E-state index in [-0.39, 0.29) is 0 Å². The van der Waals surface area contributed by atoms with Crippen LogP contribution in [0.2, 0.25) is 0 Å². The van der Waals surface area contributed by atoms with Crippen LogP contribution in [0.25, 0.3) is 0 Å². The van der Waals surface area contributed by atoms with E-state index in [0.717, 1.165) is 24.5 Å². The molecule has 14 heavy (non-hydrogen) atoms. The van der Waals surface area contributed by atoms with Crippen LogP contribution in [-0.4, -0.2) is 6.61 Å². The average molecular weight is 193 g/mol. The minimum Gasteiger partial charge on any atom is -0.494 e. The largest absolute Gasteiger partial charge is 0.494 e. The molecule has 0 aromatic heterocycles. The van der Waals surface area contributed by atoms with Crippen molar-refractivity contribution in [2.45, 2.75) is 27.2 Å². The summed E-state index contributed by atoms with van der Waals surface area (Å²) >= 11 is 0. The maximum Gasteiger partial charge on any atom is 0.119 e. The lowest BCUT2D eigenvalue weighted by Crippen LogP contribution is -2.11. The number of hydrogen-bond donors (Lipinski definition) is 1. The molecule has 0 bridgehead atoms. The zero-order valence-electron chi connectivity index (χ0n) is 9.21. The summed E-state index contributed by atoms with van der Waals surface area (Å²) in [4.78, 5) is 0. The van der Waals surface area contributed by atoms with Gasteiger partial charge in [0.25, 0.3) is 0 Å². The van der Waals surface area contributed by atoms with Crippen LogP contribution in [0.4, 0.5) is 5.69 Å². The smallest absolute Gasteiger partial charge is 0.119 e. The van der Waals surface area contributed by atoms with E-state index in [2.05, 4.69) is 20.8 Å². The third-order valence-electron chi connectivity index (χ3n) is 2.00. The first-order chi connectivity index (χ1) is 6.47. The topological polar surface area (TPSA) is 35.2 Å². The molecule has 0 unspecified atom stereocenters. The normalized spacial score (nSPS) is 11.4. The van der Waals surface area contributed by atoms with E-state index in [1.807, 2.05) is 24.3 Å². The van der Waals surface area contributed by atoms with Crippen molar-refractivity contribution in [2.75, 3.05) is 12.3 Å². The summed E-state index contributed by atoms with van der Waals surface area (Å²) in [6, 6.07) is 7.51. The van der Waals surface area contributed by atoms with Gasteiger partial charge in [0.15, 0.2) is 0 Å². The van der Waals surface area contributed by atoms with Crippen LogP contribution in [0.1, 0.15) is 27.2 Å². The Kier molecular flexibility index (Phi) is 3.39. The summed E-state index contributed by atoms with van der Waals surface area (Å²) in [5, 5.41) is 0. The highest BCUT2D eigenvalue weighted by atomic mass is 16.5. The van der Waals surface area contributed by atoms with Crippen LogP contribution in [0.15, 0.2) is 24.3 Å². The van der Waals surface area contributed by atoms with Gasteiger partial charge in [-0.2, -0.15) is 0 Å². The zero-order valence-corrected chi connectivity index (χ0v) is 9.21. The Morgan fingerprint density at radius 1 is 1.14 bits per heavy atom. The van der Waals surface area contributed by atoms with Gasteiger partial charge in [0, 0.05) is 5.69 Å². The number of rotatable bonds is 3. The average Bonchev–Trinajstić information content (AvgIpc) is 2.06. The number of nitrogen functional groups attached to an aromatic ring is 1. The fraction of sp³-hybridized carbons (Fsp3) is 0.500. The Hall–Kier alpha value is -1.18. The molecule has 0 heterocycles. The first-order valence-corrected chi connectivity index (χ1v) is 4.96. The van der Waals surface area contributed by atoms with Crippen LogP contribution in [0, 0.1) is 5.41 Å². The molecule has 1 aromatic carbocycles. The van der Waals surface area contributed by atoms with E-state index in [1.54, 1.807) is 0 Å². The first-order valence-electron chi connectivity index (χ1n) is 4.96. The Balaban J connectivity index is 2.35. The molecule has 2 N–H and O–H groups in total. The van der Waals surface area contributed by atoms with Crippen molar-refractivity contribution in [1.82, 2.24) is 0 Å². The summed E-state index contributed by atoms with van der Waals surface area (Å²) < 4.78 is 5.58. The van der Waals surface area contributed by atoms with Crippen molar-refractivity contribution in [3.63, 3.8) is 0 Å². The molecule has 2 nitrogen and oxygen atoms in total. The fourth-order valence-corrected chi connectivity index (χ4v) is 1.04. The molecule has 0 saturated carbocycles. The molecule has 0 radical (unpaired) electrons. The van der Waals surface area contributed by atoms with Crippen molar-refractivity contribution in [3.8, 4) is 5.75 Å². The lowest BCUT2D eigenvalue weighted by molar-refractivity contribution is 0.243. The van der Waals surface area contributed by atoms with Crippen LogP contribution in [0.5, 0.6) is 5.75 Å². The van der Waals surface area contributed by atoms with E-state index in [4.69, 9.17) is 10.5 Å². The minimum absolute atomic E-state index is 0.327. The highest BCUT2D eigenvalue weighted by Gasteiger charge is 2.09. The van der Waals surface area contributed by atoms with Crippen molar-refractivity contribution < 1.29 is 4.74 Å². The Bertz CT molecular complexity index is 271. The second-order valence-corrected chi connectivity index (χ2v) is 4.73. The molecule has 1 aromatic rings. The standard InChI is InChI=1S/C12H19NO/c1-12(2,3)8-9-14-11-6-4-10(13)5-7-11/h4-7H,8-9,13H2,1-3H3. The molecular weight excluding hydrogens is 174 g/mol. The molecule has 78 valence electrons. The lowest BCUT2D eigenvalue weighted by Gasteiger charge is -2.18. The van der Waals surface area contributed by atoms with Gasteiger partial charge in [-0.3, -0.25) is 0 Å². The predicted molar refractivity (Wildman–Crippen MR) is 60.4 cm³/mol. The van der Waals surface area contributed by atoms with E-state index in [0.29, 0.717) is 5.41 Å². The molecule has 0 aliphatic heterocycles. The third kappa shape index (κ3) is 4.17. The van der Waals surface area contributed by atoms with Crippen LogP contribution < -0.4 is 10.5 Å². The van der Waals surface area contributed by atoms with Gasteiger partial charge < -0.3 is 10.5 Å². The Labute approximate surface area is 86.1 Å². The fourth-order valence-electron chi connectivity index (χ4n) is 1.04. The van der Waals surface area contributed by atoms with E-state index in [1.165, 1.54) is 0 Å². The molecule has 0 aliphatic carbocycles. The van der Waals surface area contributed by atoms with Gasteiger partial charge in [-0.25, -0.2) is 0 Å². The summed E-state index contributed by atoms with van der Waals surface area (Å²) in [7, 11) is 0. The first kappa shape index (κ1) is 10.9. The monoisotopic (exact) mass is 193 g/mol. The zero-order chi connectivity index (χ0) is 10.6. The Morgan fingerprint density at radius 2 is 1.71 bits per heavy atom. The van der Waals surface area contributed by atoms with Crippen LogP contribution >= 0.6 is 0 Å². The second-order valence-electron chi connectivity index (χ2n) is 4.73. The molecular formula is C12H19NO. The predicted octanol–water partition coefficient (Wildman–Crippen LogP) is 3.08. The second kappa shape index (κ2) is 4.36. The number of nitrogens with two attached hydrogens (primary N) is 1. The highest BCUT2D eigenvalue weighted by Crippen LogP contribution is 2.19. The number of ether oxygens (including phenoxy) is 1. The van der Waals surface area contributed by atoms with Gasteiger partial charge in [0.1, 0.15) is 5.75 Å². The maximum atomic E-state index is 5.58. The van der Waals surface area contributed by atoms with E-state index >= 15 is 0 Å². The maximum absolute atomic E-state index is 5.58. The molecule has 0 amide bonds. The molecule has 0 aliphatic rings.